The summed E-state index contributed by atoms with van der Waals surface area (Å²) in [5.41, 5.74) is 0. The lowest BCUT2D eigenvalue weighted by molar-refractivity contribution is 0.122. The zero-order valence-electron chi connectivity index (χ0n) is 12.8. The lowest BCUT2D eigenvalue weighted by atomic mass is 10.00. The maximum Gasteiger partial charge on any atom is 0.322 e. The molecular formula is C14H23N5O2. The molecule has 0 saturated carbocycles. The Hall–Kier alpha value is -1.63. The van der Waals surface area contributed by atoms with Crippen molar-refractivity contribution in [2.75, 3.05) is 56.3 Å². The summed E-state index contributed by atoms with van der Waals surface area (Å²) in [6, 6.07) is 0.389. The average Bonchev–Trinajstić information content (AvgIpc) is 2.56. The molecule has 2 aliphatic rings. The molecule has 116 valence electrons. The summed E-state index contributed by atoms with van der Waals surface area (Å²) in [5, 5.41) is 0. The van der Waals surface area contributed by atoms with Gasteiger partial charge >= 0.3 is 6.01 Å². The van der Waals surface area contributed by atoms with E-state index in [2.05, 4.69) is 31.7 Å². The first-order valence-corrected chi connectivity index (χ1v) is 7.64. The summed E-state index contributed by atoms with van der Waals surface area (Å²) in [6.45, 7) is 7.33. The molecule has 0 atom stereocenters. The Balaban J connectivity index is 1.82. The van der Waals surface area contributed by atoms with Crippen LogP contribution in [0.5, 0.6) is 6.01 Å². The maximum absolute atomic E-state index is 5.38. The fourth-order valence-electron chi connectivity index (χ4n) is 2.68. The molecular weight excluding hydrogens is 270 g/mol. The van der Waals surface area contributed by atoms with Crippen LogP contribution in [0.2, 0.25) is 0 Å². The van der Waals surface area contributed by atoms with Crippen LogP contribution in [0.15, 0.2) is 0 Å². The minimum absolute atomic E-state index is 0.389. The van der Waals surface area contributed by atoms with Crippen molar-refractivity contribution in [1.29, 1.82) is 0 Å². The van der Waals surface area contributed by atoms with Crippen LogP contribution in [0, 0.1) is 5.92 Å². The van der Waals surface area contributed by atoms with Gasteiger partial charge in [-0.15, -0.1) is 0 Å². The number of nitrogens with zero attached hydrogens (tertiary/aromatic N) is 5. The van der Waals surface area contributed by atoms with E-state index in [0.717, 1.165) is 38.0 Å². The van der Waals surface area contributed by atoms with E-state index in [9.17, 15) is 0 Å². The Labute approximate surface area is 125 Å². The molecule has 0 radical (unpaired) electrons. The van der Waals surface area contributed by atoms with E-state index in [1.807, 2.05) is 0 Å². The van der Waals surface area contributed by atoms with Crippen molar-refractivity contribution in [1.82, 2.24) is 15.0 Å². The lowest BCUT2D eigenvalue weighted by Gasteiger charge is -2.31. The molecule has 0 unspecified atom stereocenters. The molecule has 3 rings (SSSR count). The summed E-state index contributed by atoms with van der Waals surface area (Å²) in [4.78, 5) is 17.8. The molecule has 21 heavy (non-hydrogen) atoms. The van der Waals surface area contributed by atoms with Crippen LogP contribution in [0.3, 0.4) is 0 Å². The largest absolute Gasteiger partial charge is 0.467 e. The van der Waals surface area contributed by atoms with E-state index in [1.165, 1.54) is 12.8 Å². The van der Waals surface area contributed by atoms with Crippen LogP contribution in [-0.2, 0) is 4.74 Å². The lowest BCUT2D eigenvalue weighted by Crippen LogP contribution is -2.38. The van der Waals surface area contributed by atoms with Gasteiger partial charge < -0.3 is 19.3 Å². The van der Waals surface area contributed by atoms with Gasteiger partial charge in [-0.1, -0.05) is 6.92 Å². The van der Waals surface area contributed by atoms with E-state index in [-0.39, 0.29) is 0 Å². The molecule has 7 heteroatoms. The maximum atomic E-state index is 5.38. The molecule has 2 aliphatic heterocycles. The number of piperidine rings is 1. The second-order valence-electron chi connectivity index (χ2n) is 5.69. The highest BCUT2D eigenvalue weighted by Gasteiger charge is 2.22. The fraction of sp³-hybridized carbons (Fsp3) is 0.786. The highest BCUT2D eigenvalue weighted by Crippen LogP contribution is 2.23. The highest BCUT2D eigenvalue weighted by atomic mass is 16.5. The SMILES string of the molecule is COc1nc(N2CCOCC2)nc(N2CCC(C)CC2)n1. The summed E-state index contributed by atoms with van der Waals surface area (Å²) >= 11 is 0. The second kappa shape index (κ2) is 6.43. The molecule has 1 aromatic rings. The fourth-order valence-corrected chi connectivity index (χ4v) is 2.68. The number of hydrogen-bond donors (Lipinski definition) is 0. The summed E-state index contributed by atoms with van der Waals surface area (Å²) < 4.78 is 10.6. The first kappa shape index (κ1) is 14.3. The number of anilines is 2. The van der Waals surface area contributed by atoms with Crippen molar-refractivity contribution in [3.05, 3.63) is 0 Å². The Morgan fingerprint density at radius 2 is 1.52 bits per heavy atom. The number of ether oxygens (including phenoxy) is 2. The van der Waals surface area contributed by atoms with Crippen molar-refractivity contribution < 1.29 is 9.47 Å². The van der Waals surface area contributed by atoms with Gasteiger partial charge in [-0.3, -0.25) is 0 Å². The standard InChI is InChI=1S/C14H23N5O2/c1-11-3-5-18(6-4-11)12-15-13(17-14(16-12)20-2)19-7-9-21-10-8-19/h11H,3-10H2,1-2H3. The van der Waals surface area contributed by atoms with Crippen LogP contribution in [0.4, 0.5) is 11.9 Å². The second-order valence-corrected chi connectivity index (χ2v) is 5.69. The molecule has 0 N–H and O–H groups in total. The van der Waals surface area contributed by atoms with Crippen LogP contribution in [0.1, 0.15) is 19.8 Å². The molecule has 3 heterocycles. The van der Waals surface area contributed by atoms with Gasteiger partial charge in [-0.25, -0.2) is 0 Å². The van der Waals surface area contributed by atoms with E-state index in [1.54, 1.807) is 7.11 Å². The number of aromatic nitrogens is 3. The summed E-state index contributed by atoms with van der Waals surface area (Å²) in [5.74, 6) is 2.21. The third kappa shape index (κ3) is 3.34. The van der Waals surface area contributed by atoms with Crippen molar-refractivity contribution in [3.8, 4) is 6.01 Å². The molecule has 2 saturated heterocycles. The predicted octanol–water partition coefficient (Wildman–Crippen LogP) is 0.953. The van der Waals surface area contributed by atoms with Gasteiger partial charge in [0.1, 0.15) is 0 Å². The highest BCUT2D eigenvalue weighted by molar-refractivity contribution is 5.41. The van der Waals surface area contributed by atoms with E-state index in [0.29, 0.717) is 25.2 Å². The zero-order chi connectivity index (χ0) is 14.7. The van der Waals surface area contributed by atoms with E-state index < -0.39 is 0 Å². The molecule has 0 spiro atoms. The van der Waals surface area contributed by atoms with E-state index in [4.69, 9.17) is 9.47 Å². The molecule has 1 aromatic heterocycles. The average molecular weight is 293 g/mol. The van der Waals surface area contributed by atoms with Crippen LogP contribution >= 0.6 is 0 Å². The topological polar surface area (TPSA) is 63.6 Å². The molecule has 0 bridgehead atoms. The van der Waals surface area contributed by atoms with Crippen molar-refractivity contribution >= 4 is 11.9 Å². The van der Waals surface area contributed by atoms with Gasteiger partial charge in [-0.05, 0) is 18.8 Å². The van der Waals surface area contributed by atoms with Crippen LogP contribution in [0.25, 0.3) is 0 Å². The van der Waals surface area contributed by atoms with Gasteiger partial charge in [0.25, 0.3) is 0 Å². The first-order chi connectivity index (χ1) is 10.3. The Morgan fingerprint density at radius 3 is 2.10 bits per heavy atom. The Morgan fingerprint density at radius 1 is 0.952 bits per heavy atom. The molecule has 0 aliphatic carbocycles. The van der Waals surface area contributed by atoms with Crippen LogP contribution < -0.4 is 14.5 Å². The van der Waals surface area contributed by atoms with Crippen LogP contribution in [-0.4, -0.2) is 61.5 Å². The summed E-state index contributed by atoms with van der Waals surface area (Å²) in [7, 11) is 1.60. The molecule has 2 fully saturated rings. The number of rotatable bonds is 3. The van der Waals surface area contributed by atoms with Gasteiger partial charge in [0.15, 0.2) is 0 Å². The Bertz CT molecular complexity index is 470. The smallest absolute Gasteiger partial charge is 0.322 e. The minimum Gasteiger partial charge on any atom is -0.467 e. The first-order valence-electron chi connectivity index (χ1n) is 7.64. The number of methoxy groups -OCH3 is 1. The van der Waals surface area contributed by atoms with Crippen molar-refractivity contribution in [2.24, 2.45) is 5.92 Å². The number of morpholine rings is 1. The van der Waals surface area contributed by atoms with Gasteiger partial charge in [0, 0.05) is 26.2 Å². The normalized spacial score (nSPS) is 20.7. The molecule has 0 amide bonds. The number of hydrogen-bond acceptors (Lipinski definition) is 7. The monoisotopic (exact) mass is 293 g/mol. The quantitative estimate of drug-likeness (QED) is 0.822. The third-order valence-corrected chi connectivity index (χ3v) is 4.13. The van der Waals surface area contributed by atoms with Gasteiger partial charge in [-0.2, -0.15) is 15.0 Å². The minimum atomic E-state index is 0.389. The van der Waals surface area contributed by atoms with Crippen molar-refractivity contribution in [3.63, 3.8) is 0 Å². The molecule has 0 aromatic carbocycles. The molecule has 7 nitrogen and oxygen atoms in total. The Kier molecular flexibility index (Phi) is 4.38. The zero-order valence-corrected chi connectivity index (χ0v) is 12.8. The predicted molar refractivity (Wildman–Crippen MR) is 80.0 cm³/mol. The van der Waals surface area contributed by atoms with Crippen molar-refractivity contribution in [2.45, 2.75) is 19.8 Å². The summed E-state index contributed by atoms with van der Waals surface area (Å²) in [6.07, 6.45) is 2.36. The van der Waals surface area contributed by atoms with E-state index >= 15 is 0 Å². The van der Waals surface area contributed by atoms with Gasteiger partial charge in [0.05, 0.1) is 20.3 Å². The van der Waals surface area contributed by atoms with Gasteiger partial charge in [0.2, 0.25) is 11.9 Å². The third-order valence-electron chi connectivity index (χ3n) is 4.13.